The van der Waals surface area contributed by atoms with E-state index >= 15 is 0 Å². The Labute approximate surface area is 84.1 Å². The highest BCUT2D eigenvalue weighted by Gasteiger charge is 2.02. The SMILES string of the molecule is COC(CN=C(N)CCCCl)OC. The van der Waals surface area contributed by atoms with Gasteiger partial charge in [0.1, 0.15) is 0 Å². The van der Waals surface area contributed by atoms with Gasteiger partial charge in [-0.25, -0.2) is 0 Å². The van der Waals surface area contributed by atoms with Gasteiger partial charge < -0.3 is 15.2 Å². The third kappa shape index (κ3) is 6.81. The summed E-state index contributed by atoms with van der Waals surface area (Å²) in [5.41, 5.74) is 5.60. The Morgan fingerprint density at radius 1 is 1.46 bits per heavy atom. The molecule has 0 amide bonds. The molecule has 0 saturated heterocycles. The molecule has 0 unspecified atom stereocenters. The molecule has 0 aliphatic heterocycles. The zero-order valence-electron chi connectivity index (χ0n) is 8.12. The van der Waals surface area contributed by atoms with Crippen molar-refractivity contribution >= 4 is 17.4 Å². The van der Waals surface area contributed by atoms with Crippen LogP contribution in [0.1, 0.15) is 12.8 Å². The lowest BCUT2D eigenvalue weighted by Crippen LogP contribution is -2.20. The fourth-order valence-electron chi connectivity index (χ4n) is 0.764. The van der Waals surface area contributed by atoms with Gasteiger partial charge in [-0.2, -0.15) is 0 Å². The Morgan fingerprint density at radius 2 is 2.08 bits per heavy atom. The van der Waals surface area contributed by atoms with Gasteiger partial charge in [0.05, 0.1) is 12.4 Å². The molecule has 0 radical (unpaired) electrons. The molecule has 0 aromatic heterocycles. The van der Waals surface area contributed by atoms with Gasteiger partial charge >= 0.3 is 0 Å². The van der Waals surface area contributed by atoms with Crippen LogP contribution in [0.15, 0.2) is 4.99 Å². The first-order valence-corrected chi connectivity index (χ1v) is 4.68. The third-order valence-corrected chi connectivity index (χ3v) is 1.80. The predicted molar refractivity (Wildman–Crippen MR) is 54.2 cm³/mol. The first-order valence-electron chi connectivity index (χ1n) is 4.15. The monoisotopic (exact) mass is 208 g/mol. The van der Waals surface area contributed by atoms with Crippen LogP contribution < -0.4 is 5.73 Å². The number of ether oxygens (including phenoxy) is 2. The van der Waals surface area contributed by atoms with Crippen molar-refractivity contribution in [3.63, 3.8) is 0 Å². The predicted octanol–water partition coefficient (Wildman–Crippen LogP) is 0.981. The zero-order valence-corrected chi connectivity index (χ0v) is 8.88. The molecule has 0 aliphatic rings. The molecular formula is C8H17ClN2O2. The van der Waals surface area contributed by atoms with Gasteiger partial charge in [-0.1, -0.05) is 0 Å². The smallest absolute Gasteiger partial charge is 0.176 e. The van der Waals surface area contributed by atoms with Gasteiger partial charge in [0.15, 0.2) is 6.29 Å². The lowest BCUT2D eigenvalue weighted by Gasteiger charge is -2.10. The molecule has 13 heavy (non-hydrogen) atoms. The number of halogens is 1. The summed E-state index contributed by atoms with van der Waals surface area (Å²) >= 11 is 5.50. The van der Waals surface area contributed by atoms with E-state index in [1.165, 1.54) is 0 Å². The minimum absolute atomic E-state index is 0.311. The van der Waals surface area contributed by atoms with Crippen LogP contribution >= 0.6 is 11.6 Å². The van der Waals surface area contributed by atoms with E-state index in [1.54, 1.807) is 14.2 Å². The molecule has 0 aromatic carbocycles. The lowest BCUT2D eigenvalue weighted by molar-refractivity contribution is -0.0937. The van der Waals surface area contributed by atoms with Crippen molar-refractivity contribution < 1.29 is 9.47 Å². The first-order chi connectivity index (χ1) is 6.24. The number of hydrogen-bond acceptors (Lipinski definition) is 3. The van der Waals surface area contributed by atoms with Crippen LogP contribution in [0.25, 0.3) is 0 Å². The summed E-state index contributed by atoms with van der Waals surface area (Å²) in [5, 5.41) is 0. The maximum Gasteiger partial charge on any atom is 0.176 e. The molecule has 0 heterocycles. The van der Waals surface area contributed by atoms with Crippen molar-refractivity contribution in [2.45, 2.75) is 19.1 Å². The average molecular weight is 209 g/mol. The van der Waals surface area contributed by atoms with Gasteiger partial charge in [-0.05, 0) is 6.42 Å². The molecule has 0 fully saturated rings. The average Bonchev–Trinajstić information content (AvgIpc) is 2.16. The van der Waals surface area contributed by atoms with Crippen LogP contribution in [-0.4, -0.2) is 38.8 Å². The molecule has 2 N–H and O–H groups in total. The molecule has 78 valence electrons. The van der Waals surface area contributed by atoms with E-state index in [4.69, 9.17) is 26.8 Å². The van der Waals surface area contributed by atoms with Crippen LogP contribution in [0.5, 0.6) is 0 Å². The number of nitrogens with zero attached hydrogens (tertiary/aromatic N) is 1. The van der Waals surface area contributed by atoms with E-state index in [0.29, 0.717) is 18.3 Å². The van der Waals surface area contributed by atoms with E-state index in [9.17, 15) is 0 Å². The molecule has 0 spiro atoms. The third-order valence-electron chi connectivity index (χ3n) is 1.54. The van der Waals surface area contributed by atoms with E-state index < -0.39 is 0 Å². The van der Waals surface area contributed by atoms with Gasteiger partial charge in [-0.15, -0.1) is 11.6 Å². The van der Waals surface area contributed by atoms with Crippen LogP contribution in [0, 0.1) is 0 Å². The summed E-state index contributed by atoms with van der Waals surface area (Å²) in [6, 6.07) is 0. The Bertz CT molecular complexity index is 149. The second kappa shape index (κ2) is 8.29. The molecule has 5 heteroatoms. The number of alkyl halides is 1. The molecule has 0 saturated carbocycles. The molecule has 0 aliphatic carbocycles. The minimum atomic E-state index is -0.311. The number of rotatable bonds is 7. The summed E-state index contributed by atoms with van der Waals surface area (Å²) in [6.45, 7) is 0.432. The van der Waals surface area contributed by atoms with Crippen molar-refractivity contribution in [2.75, 3.05) is 26.6 Å². The fraction of sp³-hybridized carbons (Fsp3) is 0.875. The van der Waals surface area contributed by atoms with E-state index in [-0.39, 0.29) is 6.29 Å². The fourth-order valence-corrected chi connectivity index (χ4v) is 0.898. The van der Waals surface area contributed by atoms with Crippen molar-refractivity contribution in [1.29, 1.82) is 0 Å². The Balaban J connectivity index is 3.66. The van der Waals surface area contributed by atoms with Crippen molar-refractivity contribution in [1.82, 2.24) is 0 Å². The zero-order chi connectivity index (χ0) is 10.1. The first kappa shape index (κ1) is 12.7. The topological polar surface area (TPSA) is 56.8 Å². The number of methoxy groups -OCH3 is 2. The second-order valence-electron chi connectivity index (χ2n) is 2.53. The Hall–Kier alpha value is -0.320. The Kier molecular flexibility index (Phi) is 8.08. The van der Waals surface area contributed by atoms with Crippen LogP contribution in [0.3, 0.4) is 0 Å². The molecule has 0 rings (SSSR count). The van der Waals surface area contributed by atoms with Gasteiger partial charge in [0.2, 0.25) is 0 Å². The highest BCUT2D eigenvalue weighted by atomic mass is 35.5. The van der Waals surface area contributed by atoms with Crippen molar-refractivity contribution in [2.24, 2.45) is 10.7 Å². The molecular weight excluding hydrogens is 192 g/mol. The summed E-state index contributed by atoms with van der Waals surface area (Å²) < 4.78 is 9.89. The van der Waals surface area contributed by atoms with E-state index in [0.717, 1.165) is 12.8 Å². The normalized spacial score (nSPS) is 12.5. The van der Waals surface area contributed by atoms with Gasteiger partial charge in [0, 0.05) is 26.5 Å². The number of nitrogens with two attached hydrogens (primary N) is 1. The van der Waals surface area contributed by atoms with Crippen LogP contribution in [0.4, 0.5) is 0 Å². The van der Waals surface area contributed by atoms with Crippen molar-refractivity contribution in [3.8, 4) is 0 Å². The summed E-state index contributed by atoms with van der Waals surface area (Å²) in [4.78, 5) is 4.09. The van der Waals surface area contributed by atoms with Crippen molar-refractivity contribution in [3.05, 3.63) is 0 Å². The molecule has 4 nitrogen and oxygen atoms in total. The molecule has 0 bridgehead atoms. The number of amidine groups is 1. The largest absolute Gasteiger partial charge is 0.387 e. The second-order valence-corrected chi connectivity index (χ2v) is 2.90. The summed E-state index contributed by atoms with van der Waals surface area (Å²) in [5.74, 6) is 1.20. The summed E-state index contributed by atoms with van der Waals surface area (Å²) in [6.07, 6.45) is 1.26. The quantitative estimate of drug-likeness (QED) is 0.294. The summed E-state index contributed by atoms with van der Waals surface area (Å²) in [7, 11) is 3.14. The molecule has 0 aromatic rings. The maximum absolute atomic E-state index is 5.60. The van der Waals surface area contributed by atoms with Crippen LogP contribution in [0.2, 0.25) is 0 Å². The van der Waals surface area contributed by atoms with E-state index in [2.05, 4.69) is 4.99 Å². The highest BCUT2D eigenvalue weighted by Crippen LogP contribution is 1.95. The Morgan fingerprint density at radius 3 is 2.54 bits per heavy atom. The van der Waals surface area contributed by atoms with E-state index in [1.807, 2.05) is 0 Å². The minimum Gasteiger partial charge on any atom is -0.387 e. The van der Waals surface area contributed by atoms with Gasteiger partial charge in [0.25, 0.3) is 0 Å². The van der Waals surface area contributed by atoms with Gasteiger partial charge in [-0.3, -0.25) is 4.99 Å². The lowest BCUT2D eigenvalue weighted by atomic mass is 10.3. The van der Waals surface area contributed by atoms with Crippen LogP contribution in [-0.2, 0) is 9.47 Å². The highest BCUT2D eigenvalue weighted by molar-refractivity contribution is 6.17. The number of hydrogen-bond donors (Lipinski definition) is 1. The molecule has 0 atom stereocenters. The standard InChI is InChI=1S/C8H17ClN2O2/c1-12-8(13-2)6-11-7(10)4-3-5-9/h8H,3-6H2,1-2H3,(H2,10,11). The number of aliphatic imine (C=N–C) groups is 1. The maximum atomic E-state index is 5.60.